The van der Waals surface area contributed by atoms with Gasteiger partial charge in [-0.3, -0.25) is 9.59 Å². The lowest BCUT2D eigenvalue weighted by Gasteiger charge is -2.05. The zero-order chi connectivity index (χ0) is 18.0. The Hall–Kier alpha value is -0.550. The van der Waals surface area contributed by atoms with Crippen LogP contribution in [0.4, 0.5) is 0 Å². The molecule has 0 saturated carbocycles. The van der Waals surface area contributed by atoms with Gasteiger partial charge in [-0.15, -0.1) is 0 Å². The first-order valence-electron chi connectivity index (χ1n) is 9.72. The van der Waals surface area contributed by atoms with E-state index in [2.05, 4.69) is 6.92 Å². The van der Waals surface area contributed by atoms with E-state index in [9.17, 15) is 9.59 Å². The first kappa shape index (κ1) is 23.4. The molecule has 0 aromatic carbocycles. The van der Waals surface area contributed by atoms with Gasteiger partial charge in [0.2, 0.25) is 0 Å². The molecule has 142 valence electrons. The van der Waals surface area contributed by atoms with Crippen LogP contribution in [0.3, 0.4) is 0 Å². The minimum absolute atomic E-state index is 0.0646. The Morgan fingerprint density at radius 2 is 1.25 bits per heavy atom. The number of hydrogen-bond acceptors (Lipinski definition) is 4. The Bertz CT molecular complexity index is 324. The Labute approximate surface area is 152 Å². The molecule has 0 spiro atoms. The second-order valence-corrected chi connectivity index (χ2v) is 7.70. The van der Waals surface area contributed by atoms with Gasteiger partial charge in [0.05, 0.1) is 0 Å². The highest BCUT2D eigenvalue weighted by molar-refractivity contribution is 8.13. The van der Waals surface area contributed by atoms with E-state index >= 15 is 0 Å². The monoisotopic (exact) mass is 359 g/mol. The molecular weight excluding hydrogens is 322 g/mol. The van der Waals surface area contributed by atoms with Crippen molar-refractivity contribution in [1.29, 1.82) is 0 Å². The molecule has 0 rings (SSSR count). The highest BCUT2D eigenvalue weighted by Crippen LogP contribution is 2.14. The summed E-state index contributed by atoms with van der Waals surface area (Å²) in [5.41, 5.74) is 5.37. The van der Waals surface area contributed by atoms with Crippen molar-refractivity contribution in [2.24, 2.45) is 5.73 Å². The lowest BCUT2D eigenvalue weighted by atomic mass is 10.0. The number of aliphatic carboxylic acids is 1. The van der Waals surface area contributed by atoms with Crippen LogP contribution in [0.15, 0.2) is 0 Å². The van der Waals surface area contributed by atoms with E-state index in [1.165, 1.54) is 70.6 Å². The third kappa shape index (κ3) is 16.3. The van der Waals surface area contributed by atoms with Crippen molar-refractivity contribution in [2.45, 2.75) is 103 Å². The Balaban J connectivity index is 3.22. The highest BCUT2D eigenvalue weighted by Gasteiger charge is 2.13. The smallest absolute Gasteiger partial charge is 0.321 e. The van der Waals surface area contributed by atoms with Crippen molar-refractivity contribution in [3.05, 3.63) is 0 Å². The minimum Gasteiger partial charge on any atom is -0.480 e. The molecule has 3 N–H and O–H groups in total. The maximum absolute atomic E-state index is 11.6. The van der Waals surface area contributed by atoms with Gasteiger partial charge < -0.3 is 10.8 Å². The highest BCUT2D eigenvalue weighted by atomic mass is 32.2. The molecule has 0 radical (unpaired) electrons. The molecule has 0 unspecified atom stereocenters. The largest absolute Gasteiger partial charge is 0.480 e. The fourth-order valence-electron chi connectivity index (χ4n) is 2.61. The van der Waals surface area contributed by atoms with E-state index in [0.717, 1.165) is 24.6 Å². The Morgan fingerprint density at radius 1 is 0.833 bits per heavy atom. The maximum Gasteiger partial charge on any atom is 0.321 e. The number of carboxylic acids is 1. The van der Waals surface area contributed by atoms with Gasteiger partial charge in [0, 0.05) is 12.2 Å². The normalized spacial score (nSPS) is 12.2. The van der Waals surface area contributed by atoms with Gasteiger partial charge in [0.25, 0.3) is 0 Å². The molecule has 0 aromatic rings. The molecule has 24 heavy (non-hydrogen) atoms. The van der Waals surface area contributed by atoms with Gasteiger partial charge in [-0.1, -0.05) is 95.7 Å². The summed E-state index contributed by atoms with van der Waals surface area (Å²) in [7, 11) is 0. The van der Waals surface area contributed by atoms with E-state index in [4.69, 9.17) is 10.8 Å². The summed E-state index contributed by atoms with van der Waals surface area (Å²) in [4.78, 5) is 22.1. The molecule has 4 nitrogen and oxygen atoms in total. The third-order valence-corrected chi connectivity index (χ3v) is 5.28. The van der Waals surface area contributed by atoms with Gasteiger partial charge in [0.15, 0.2) is 5.12 Å². The molecule has 0 amide bonds. The lowest BCUT2D eigenvalue weighted by molar-refractivity contribution is -0.137. The number of carboxylic acid groups (broad SMARTS) is 1. The van der Waals surface area contributed by atoms with E-state index in [1.54, 1.807) is 0 Å². The Kier molecular flexibility index (Phi) is 16.9. The summed E-state index contributed by atoms with van der Waals surface area (Å²) in [5, 5.41) is 8.71. The molecule has 5 heteroatoms. The molecule has 0 aliphatic rings. The van der Waals surface area contributed by atoms with E-state index in [-0.39, 0.29) is 10.9 Å². The lowest BCUT2D eigenvalue weighted by Crippen LogP contribution is -2.32. The quantitative estimate of drug-likeness (QED) is 0.351. The van der Waals surface area contributed by atoms with Crippen LogP contribution in [0.25, 0.3) is 0 Å². The summed E-state index contributed by atoms with van der Waals surface area (Å²) >= 11 is 1.05. The van der Waals surface area contributed by atoms with E-state index in [1.807, 2.05) is 0 Å². The van der Waals surface area contributed by atoms with Crippen molar-refractivity contribution >= 4 is 22.8 Å². The number of unbranched alkanes of at least 4 members (excludes halogenated alkanes) is 12. The molecule has 1 atom stereocenters. The SMILES string of the molecule is CCCCCCCCCCCCCCCC(=O)SC[C@H](N)C(=O)O. The van der Waals surface area contributed by atoms with Gasteiger partial charge in [-0.05, 0) is 6.42 Å². The summed E-state index contributed by atoms with van der Waals surface area (Å²) in [5.74, 6) is -0.872. The number of thioether (sulfide) groups is 1. The average Bonchev–Trinajstić information content (AvgIpc) is 2.56. The Morgan fingerprint density at radius 3 is 1.67 bits per heavy atom. The van der Waals surface area contributed by atoms with Crippen molar-refractivity contribution in [3.8, 4) is 0 Å². The van der Waals surface area contributed by atoms with Crippen LogP contribution in [-0.2, 0) is 9.59 Å². The van der Waals surface area contributed by atoms with Crippen LogP contribution in [-0.4, -0.2) is 28.0 Å². The summed E-state index contributed by atoms with van der Waals surface area (Å²) in [6, 6.07) is -0.939. The summed E-state index contributed by atoms with van der Waals surface area (Å²) in [6.07, 6.45) is 17.3. The second kappa shape index (κ2) is 17.3. The molecule has 0 bridgehead atoms. The summed E-state index contributed by atoms with van der Waals surface area (Å²) in [6.45, 7) is 2.25. The van der Waals surface area contributed by atoms with Gasteiger partial charge in [0.1, 0.15) is 6.04 Å². The molecule has 0 aromatic heterocycles. The topological polar surface area (TPSA) is 80.4 Å². The van der Waals surface area contributed by atoms with Gasteiger partial charge in [-0.25, -0.2) is 0 Å². The zero-order valence-electron chi connectivity index (χ0n) is 15.4. The standard InChI is InChI=1S/C19H37NO3S/c1-2-3-4-5-6-7-8-9-10-11-12-13-14-15-18(21)24-16-17(20)19(22)23/h17H,2-16,20H2,1H3,(H,22,23)/t17-/m0/s1. The zero-order valence-corrected chi connectivity index (χ0v) is 16.2. The van der Waals surface area contributed by atoms with Crippen molar-refractivity contribution in [1.82, 2.24) is 0 Å². The molecule has 0 fully saturated rings. The van der Waals surface area contributed by atoms with Gasteiger partial charge >= 0.3 is 5.97 Å². The first-order chi connectivity index (χ1) is 11.6. The number of rotatable bonds is 17. The van der Waals surface area contributed by atoms with E-state index in [0.29, 0.717) is 6.42 Å². The fourth-order valence-corrected chi connectivity index (χ4v) is 3.41. The molecular formula is C19H37NO3S. The van der Waals surface area contributed by atoms with Crippen LogP contribution in [0.2, 0.25) is 0 Å². The minimum atomic E-state index is -1.05. The third-order valence-electron chi connectivity index (χ3n) is 4.23. The van der Waals surface area contributed by atoms with Crippen molar-refractivity contribution in [2.75, 3.05) is 5.75 Å². The van der Waals surface area contributed by atoms with Crippen LogP contribution in [0, 0.1) is 0 Å². The van der Waals surface area contributed by atoms with Gasteiger partial charge in [-0.2, -0.15) is 0 Å². The number of carbonyl (C=O) groups is 2. The maximum atomic E-state index is 11.6. The van der Waals surface area contributed by atoms with Crippen LogP contribution < -0.4 is 5.73 Å². The second-order valence-electron chi connectivity index (χ2n) is 6.62. The van der Waals surface area contributed by atoms with Crippen molar-refractivity contribution in [3.63, 3.8) is 0 Å². The molecule has 0 aliphatic carbocycles. The number of carbonyl (C=O) groups excluding carboxylic acids is 1. The molecule has 0 aliphatic heterocycles. The van der Waals surface area contributed by atoms with Crippen LogP contribution >= 0.6 is 11.8 Å². The number of hydrogen-bond donors (Lipinski definition) is 2. The molecule has 0 heterocycles. The van der Waals surface area contributed by atoms with E-state index < -0.39 is 12.0 Å². The average molecular weight is 360 g/mol. The molecule has 0 saturated heterocycles. The predicted octanol–water partition coefficient (Wildman–Crippen LogP) is 5.14. The van der Waals surface area contributed by atoms with Crippen LogP contribution in [0.1, 0.15) is 96.8 Å². The van der Waals surface area contributed by atoms with Crippen molar-refractivity contribution < 1.29 is 14.7 Å². The van der Waals surface area contributed by atoms with Crippen LogP contribution in [0.5, 0.6) is 0 Å². The predicted molar refractivity (Wildman–Crippen MR) is 103 cm³/mol. The first-order valence-corrected chi connectivity index (χ1v) is 10.7. The summed E-state index contributed by atoms with van der Waals surface area (Å²) < 4.78 is 0. The fraction of sp³-hybridized carbons (Fsp3) is 0.895. The number of nitrogens with two attached hydrogens (primary N) is 1.